The molecule has 20 heavy (non-hydrogen) atoms. The molecule has 0 spiro atoms. The summed E-state index contributed by atoms with van der Waals surface area (Å²) >= 11 is 0. The van der Waals surface area contributed by atoms with Crippen LogP contribution in [0.4, 0.5) is 11.6 Å². The Labute approximate surface area is 123 Å². The quantitative estimate of drug-likeness (QED) is 0.826. The van der Waals surface area contributed by atoms with Crippen molar-refractivity contribution >= 4 is 11.6 Å². The topological polar surface area (TPSA) is 41.1 Å². The molecule has 0 bridgehead atoms. The molecule has 4 heteroatoms. The van der Waals surface area contributed by atoms with E-state index < -0.39 is 0 Å². The summed E-state index contributed by atoms with van der Waals surface area (Å²) in [4.78, 5) is 12.0. The summed E-state index contributed by atoms with van der Waals surface area (Å²) in [5.74, 6) is 4.26. The number of hydrogen-bond donors (Lipinski definition) is 1. The first-order chi connectivity index (χ1) is 9.56. The third kappa shape index (κ3) is 3.41. The average Bonchev–Trinajstić information content (AvgIpc) is 3.22. The van der Waals surface area contributed by atoms with E-state index in [1.54, 1.807) is 0 Å². The Morgan fingerprint density at radius 1 is 1.30 bits per heavy atom. The van der Waals surface area contributed by atoms with Gasteiger partial charge in [0.05, 0.1) is 0 Å². The number of hydrogen-bond acceptors (Lipinski definition) is 4. The molecular weight excluding hydrogens is 248 g/mol. The summed E-state index contributed by atoms with van der Waals surface area (Å²) in [5.41, 5.74) is 1.17. The van der Waals surface area contributed by atoms with E-state index in [1.807, 2.05) is 7.05 Å². The van der Waals surface area contributed by atoms with Crippen molar-refractivity contribution in [2.45, 2.75) is 52.9 Å². The van der Waals surface area contributed by atoms with Crippen molar-refractivity contribution in [1.82, 2.24) is 9.97 Å². The van der Waals surface area contributed by atoms with Crippen LogP contribution in [0.3, 0.4) is 0 Å². The second kappa shape index (κ2) is 6.42. The van der Waals surface area contributed by atoms with Crippen LogP contribution >= 0.6 is 0 Å². The lowest BCUT2D eigenvalue weighted by molar-refractivity contribution is 0.684. The van der Waals surface area contributed by atoms with Crippen molar-refractivity contribution in [3.8, 4) is 0 Å². The summed E-state index contributed by atoms with van der Waals surface area (Å²) in [7, 11) is 1.94. The summed E-state index contributed by atoms with van der Waals surface area (Å²) in [5, 5.41) is 3.22. The van der Waals surface area contributed by atoms with Gasteiger partial charge in [0.25, 0.3) is 0 Å². The summed E-state index contributed by atoms with van der Waals surface area (Å²) < 4.78 is 0. The van der Waals surface area contributed by atoms with Gasteiger partial charge in [-0.2, -0.15) is 0 Å². The van der Waals surface area contributed by atoms with Gasteiger partial charge in [0.2, 0.25) is 0 Å². The number of nitrogens with one attached hydrogen (secondary N) is 1. The molecule has 0 radical (unpaired) electrons. The first kappa shape index (κ1) is 15.1. The molecule has 1 N–H and O–H groups in total. The molecule has 1 aliphatic rings. The van der Waals surface area contributed by atoms with Crippen LogP contribution in [0.1, 0.15) is 57.3 Å². The van der Waals surface area contributed by atoms with Gasteiger partial charge in [0, 0.05) is 31.6 Å². The number of nitrogens with zero attached hydrogens (tertiary/aromatic N) is 3. The number of aromatic nitrogens is 2. The SMILES string of the molecule is CCCN(CC1CC1)c1nc(C(C)C)nc(NC)c1C. The Morgan fingerprint density at radius 2 is 2.00 bits per heavy atom. The summed E-state index contributed by atoms with van der Waals surface area (Å²) in [6.45, 7) is 10.9. The van der Waals surface area contributed by atoms with Crippen molar-refractivity contribution in [2.24, 2.45) is 5.92 Å². The molecule has 1 aliphatic carbocycles. The Morgan fingerprint density at radius 3 is 2.50 bits per heavy atom. The molecular formula is C16H28N4. The molecule has 0 aliphatic heterocycles. The van der Waals surface area contributed by atoms with Gasteiger partial charge >= 0.3 is 0 Å². The Kier molecular flexibility index (Phi) is 4.84. The van der Waals surface area contributed by atoms with Crippen LogP contribution in [-0.2, 0) is 0 Å². The van der Waals surface area contributed by atoms with Crippen LogP contribution in [0, 0.1) is 12.8 Å². The fraction of sp³-hybridized carbons (Fsp3) is 0.750. The lowest BCUT2D eigenvalue weighted by Crippen LogP contribution is -2.29. The number of anilines is 2. The van der Waals surface area contributed by atoms with Gasteiger partial charge in [-0.1, -0.05) is 20.8 Å². The van der Waals surface area contributed by atoms with E-state index >= 15 is 0 Å². The minimum atomic E-state index is 0.353. The van der Waals surface area contributed by atoms with Gasteiger partial charge < -0.3 is 10.2 Å². The van der Waals surface area contributed by atoms with Crippen molar-refractivity contribution in [3.05, 3.63) is 11.4 Å². The molecule has 1 heterocycles. The van der Waals surface area contributed by atoms with Gasteiger partial charge in [-0.25, -0.2) is 9.97 Å². The minimum absolute atomic E-state index is 0.353. The van der Waals surface area contributed by atoms with Crippen LogP contribution in [0.2, 0.25) is 0 Å². The van der Waals surface area contributed by atoms with Crippen LogP contribution in [0.25, 0.3) is 0 Å². The van der Waals surface area contributed by atoms with E-state index in [4.69, 9.17) is 4.98 Å². The number of rotatable bonds is 7. The van der Waals surface area contributed by atoms with E-state index in [2.05, 4.69) is 42.9 Å². The second-order valence-electron chi connectivity index (χ2n) is 6.17. The van der Waals surface area contributed by atoms with Crippen LogP contribution in [-0.4, -0.2) is 30.1 Å². The normalized spacial score (nSPS) is 14.7. The van der Waals surface area contributed by atoms with E-state index in [9.17, 15) is 0 Å². The first-order valence-electron chi connectivity index (χ1n) is 7.88. The third-order valence-electron chi connectivity index (χ3n) is 3.86. The highest BCUT2D eigenvalue weighted by atomic mass is 15.2. The van der Waals surface area contributed by atoms with E-state index in [-0.39, 0.29) is 0 Å². The van der Waals surface area contributed by atoms with Crippen molar-refractivity contribution in [2.75, 3.05) is 30.4 Å². The predicted molar refractivity (Wildman–Crippen MR) is 85.6 cm³/mol. The van der Waals surface area contributed by atoms with E-state index in [1.165, 1.54) is 18.4 Å². The molecule has 112 valence electrons. The lowest BCUT2D eigenvalue weighted by Gasteiger charge is -2.26. The maximum atomic E-state index is 4.85. The van der Waals surface area contributed by atoms with Crippen LogP contribution in [0.15, 0.2) is 0 Å². The predicted octanol–water partition coefficient (Wildman–Crippen LogP) is 3.58. The van der Waals surface area contributed by atoms with Crippen LogP contribution in [0.5, 0.6) is 0 Å². The van der Waals surface area contributed by atoms with Gasteiger partial charge in [0.15, 0.2) is 0 Å². The highest BCUT2D eigenvalue weighted by Gasteiger charge is 2.26. The largest absolute Gasteiger partial charge is 0.373 e. The molecule has 1 saturated carbocycles. The molecule has 0 unspecified atom stereocenters. The molecule has 0 atom stereocenters. The highest BCUT2D eigenvalue weighted by molar-refractivity contribution is 5.58. The fourth-order valence-corrected chi connectivity index (χ4v) is 2.50. The first-order valence-corrected chi connectivity index (χ1v) is 7.88. The van der Waals surface area contributed by atoms with E-state index in [0.717, 1.165) is 42.9 Å². The Hall–Kier alpha value is -1.32. The standard InChI is InChI=1S/C16H28N4/c1-6-9-20(10-13-7-8-13)16-12(4)15(17-5)18-14(19-16)11(2)3/h11,13H,6-10H2,1-5H3,(H,17,18,19). The smallest absolute Gasteiger partial charge is 0.137 e. The zero-order valence-electron chi connectivity index (χ0n) is 13.5. The van der Waals surface area contributed by atoms with Crippen molar-refractivity contribution in [3.63, 3.8) is 0 Å². The lowest BCUT2D eigenvalue weighted by atomic mass is 10.2. The van der Waals surface area contributed by atoms with E-state index in [0.29, 0.717) is 5.92 Å². The van der Waals surface area contributed by atoms with Gasteiger partial charge in [-0.15, -0.1) is 0 Å². The van der Waals surface area contributed by atoms with Gasteiger partial charge in [-0.05, 0) is 32.1 Å². The maximum Gasteiger partial charge on any atom is 0.137 e. The second-order valence-corrected chi connectivity index (χ2v) is 6.17. The molecule has 0 amide bonds. The Bertz CT molecular complexity index is 452. The van der Waals surface area contributed by atoms with Crippen molar-refractivity contribution in [1.29, 1.82) is 0 Å². The monoisotopic (exact) mass is 276 g/mol. The van der Waals surface area contributed by atoms with Gasteiger partial charge in [0.1, 0.15) is 17.5 Å². The maximum absolute atomic E-state index is 4.85. The molecule has 2 rings (SSSR count). The molecule has 0 saturated heterocycles. The molecule has 0 aromatic carbocycles. The minimum Gasteiger partial charge on any atom is -0.373 e. The van der Waals surface area contributed by atoms with Gasteiger partial charge in [-0.3, -0.25) is 0 Å². The molecule has 1 aromatic heterocycles. The molecule has 1 fully saturated rings. The zero-order valence-corrected chi connectivity index (χ0v) is 13.5. The molecule has 4 nitrogen and oxygen atoms in total. The average molecular weight is 276 g/mol. The summed E-state index contributed by atoms with van der Waals surface area (Å²) in [6, 6.07) is 0. The van der Waals surface area contributed by atoms with Crippen molar-refractivity contribution < 1.29 is 0 Å². The van der Waals surface area contributed by atoms with Crippen LogP contribution < -0.4 is 10.2 Å². The third-order valence-corrected chi connectivity index (χ3v) is 3.86. The highest BCUT2D eigenvalue weighted by Crippen LogP contribution is 2.33. The zero-order chi connectivity index (χ0) is 14.7. The Balaban J connectivity index is 2.36. The summed E-state index contributed by atoms with van der Waals surface area (Å²) in [6.07, 6.45) is 3.91. The fourth-order valence-electron chi connectivity index (χ4n) is 2.50. The molecule has 1 aromatic rings.